The molecule has 98 valence electrons. The summed E-state index contributed by atoms with van der Waals surface area (Å²) in [5.41, 5.74) is 8.68. The summed E-state index contributed by atoms with van der Waals surface area (Å²) in [6.07, 6.45) is -0.375. The molecule has 1 aromatic carbocycles. The third kappa shape index (κ3) is 2.68. The van der Waals surface area contributed by atoms with Gasteiger partial charge in [-0.1, -0.05) is 30.3 Å². The lowest BCUT2D eigenvalue weighted by molar-refractivity contribution is -0.119. The molecule has 0 saturated carbocycles. The van der Waals surface area contributed by atoms with Gasteiger partial charge in [-0.3, -0.25) is 9.79 Å². The summed E-state index contributed by atoms with van der Waals surface area (Å²) in [6, 6.07) is 11.8. The Kier molecular flexibility index (Phi) is 4.29. The van der Waals surface area contributed by atoms with Gasteiger partial charge in [0.15, 0.2) is 11.9 Å². The zero-order chi connectivity index (χ0) is 12.5. The van der Waals surface area contributed by atoms with Gasteiger partial charge in [-0.15, -0.1) is 28.3 Å². The van der Waals surface area contributed by atoms with Crippen LogP contribution in [0.1, 0.15) is 16.0 Å². The number of ketones is 1. The zero-order valence-electron chi connectivity index (χ0n) is 10.1. The van der Waals surface area contributed by atoms with Crippen molar-refractivity contribution in [2.24, 2.45) is 10.7 Å². The second kappa shape index (κ2) is 5.77. The molecule has 0 amide bonds. The summed E-state index contributed by atoms with van der Waals surface area (Å²) in [5.74, 6) is -0.0272. The molecule has 2 heterocycles. The van der Waals surface area contributed by atoms with Gasteiger partial charge >= 0.3 is 0 Å². The minimum atomic E-state index is -0.750. The molecule has 0 spiro atoms. The van der Waals surface area contributed by atoms with Crippen LogP contribution in [0.25, 0.3) is 0 Å². The fraction of sp³-hybridized carbons (Fsp3) is 0.143. The van der Waals surface area contributed by atoms with Gasteiger partial charge in [-0.25, -0.2) is 0 Å². The second-order valence-electron chi connectivity index (χ2n) is 4.21. The Morgan fingerprint density at radius 1 is 1.21 bits per heavy atom. The van der Waals surface area contributed by atoms with E-state index in [9.17, 15) is 4.79 Å². The molecule has 0 saturated heterocycles. The molecule has 0 radical (unpaired) electrons. The molecule has 2 N–H and O–H groups in total. The van der Waals surface area contributed by atoms with E-state index in [0.29, 0.717) is 6.42 Å². The van der Waals surface area contributed by atoms with Gasteiger partial charge < -0.3 is 5.73 Å². The van der Waals surface area contributed by atoms with Gasteiger partial charge in [0.2, 0.25) is 0 Å². The van der Waals surface area contributed by atoms with Crippen LogP contribution in [0, 0.1) is 0 Å². The first-order chi connectivity index (χ1) is 8.75. The first-order valence-electron chi connectivity index (χ1n) is 5.74. The maximum absolute atomic E-state index is 11.8. The number of fused-ring (bicyclic) bond motifs is 1. The van der Waals surface area contributed by atoms with Crippen LogP contribution in [-0.4, -0.2) is 17.7 Å². The molecule has 0 aliphatic carbocycles. The van der Waals surface area contributed by atoms with Crippen molar-refractivity contribution in [2.45, 2.75) is 12.6 Å². The number of benzene rings is 1. The average molecular weight is 337 g/mol. The molecule has 3 nitrogen and oxygen atoms in total. The summed E-state index contributed by atoms with van der Waals surface area (Å²) in [7, 11) is 0. The number of rotatable bonds is 1. The molecule has 1 aliphatic rings. The summed E-state index contributed by atoms with van der Waals surface area (Å²) < 4.78 is 0. The molecule has 2 aromatic rings. The summed E-state index contributed by atoms with van der Waals surface area (Å²) in [4.78, 5) is 17.3. The quantitative estimate of drug-likeness (QED) is 0.870. The van der Waals surface area contributed by atoms with E-state index in [4.69, 9.17) is 5.73 Å². The minimum Gasteiger partial charge on any atom is -0.303 e. The molecule has 5 heteroatoms. The number of carbonyl (C=O) groups is 1. The Labute approximate surface area is 125 Å². The van der Waals surface area contributed by atoms with Gasteiger partial charge in [0.1, 0.15) is 0 Å². The topological polar surface area (TPSA) is 55.4 Å². The maximum atomic E-state index is 11.8. The number of hydrogen-bond donors (Lipinski definition) is 1. The lowest BCUT2D eigenvalue weighted by atomic mass is 10.0. The van der Waals surface area contributed by atoms with Gasteiger partial charge in [-0.05, 0) is 17.0 Å². The van der Waals surface area contributed by atoms with Crippen molar-refractivity contribution >= 4 is 39.8 Å². The Balaban J connectivity index is 0.00000133. The van der Waals surface area contributed by atoms with E-state index >= 15 is 0 Å². The van der Waals surface area contributed by atoms with Gasteiger partial charge in [-0.2, -0.15) is 0 Å². The van der Waals surface area contributed by atoms with Crippen LogP contribution in [0.4, 0.5) is 0 Å². The Hall–Kier alpha value is -1.30. The number of thiophene rings is 1. The Bertz CT molecular complexity index is 621. The largest absolute Gasteiger partial charge is 0.303 e. The zero-order valence-corrected chi connectivity index (χ0v) is 12.6. The highest BCUT2D eigenvalue weighted by Gasteiger charge is 2.24. The maximum Gasteiger partial charge on any atom is 0.176 e. The van der Waals surface area contributed by atoms with Crippen molar-refractivity contribution in [3.8, 4) is 0 Å². The highest BCUT2D eigenvalue weighted by molar-refractivity contribution is 8.93. The summed E-state index contributed by atoms with van der Waals surface area (Å²) in [5, 5.41) is 1.99. The Morgan fingerprint density at radius 3 is 2.68 bits per heavy atom. The standard InChI is InChI=1S/C14H12N2OS.BrH/c15-14-11(17)8-10-6-7-18-13(10)12(16-14)9-4-2-1-3-5-9;/h1-7,14H,8,15H2;1H. The van der Waals surface area contributed by atoms with Crippen molar-refractivity contribution < 1.29 is 4.79 Å². The van der Waals surface area contributed by atoms with E-state index in [1.165, 1.54) is 0 Å². The Morgan fingerprint density at radius 2 is 1.95 bits per heavy atom. The van der Waals surface area contributed by atoms with E-state index in [1.807, 2.05) is 41.8 Å². The van der Waals surface area contributed by atoms with Crippen LogP contribution < -0.4 is 5.73 Å². The number of nitrogens with two attached hydrogens (primary N) is 1. The van der Waals surface area contributed by atoms with Crippen LogP contribution in [0.5, 0.6) is 0 Å². The molecule has 1 aromatic heterocycles. The lowest BCUT2D eigenvalue weighted by Gasteiger charge is -2.06. The molecule has 0 fully saturated rings. The predicted octanol–water partition coefficient (Wildman–Crippen LogP) is 2.57. The van der Waals surface area contributed by atoms with E-state index in [0.717, 1.165) is 21.7 Å². The molecule has 1 aliphatic heterocycles. The number of halogens is 1. The van der Waals surface area contributed by atoms with E-state index in [1.54, 1.807) is 11.3 Å². The molecule has 19 heavy (non-hydrogen) atoms. The first kappa shape index (κ1) is 14.1. The van der Waals surface area contributed by atoms with Crippen molar-refractivity contribution in [1.29, 1.82) is 0 Å². The second-order valence-corrected chi connectivity index (χ2v) is 5.12. The number of nitrogens with zero attached hydrogens (tertiary/aromatic N) is 1. The smallest absolute Gasteiger partial charge is 0.176 e. The minimum absolute atomic E-state index is 0. The van der Waals surface area contributed by atoms with E-state index in [2.05, 4.69) is 4.99 Å². The van der Waals surface area contributed by atoms with Crippen LogP contribution in [-0.2, 0) is 11.2 Å². The fourth-order valence-corrected chi connectivity index (χ4v) is 2.99. The van der Waals surface area contributed by atoms with Crippen LogP contribution in [0.3, 0.4) is 0 Å². The molecule has 1 unspecified atom stereocenters. The van der Waals surface area contributed by atoms with Crippen molar-refractivity contribution in [3.05, 3.63) is 57.8 Å². The third-order valence-corrected chi connectivity index (χ3v) is 3.94. The van der Waals surface area contributed by atoms with Crippen molar-refractivity contribution in [3.63, 3.8) is 0 Å². The number of hydrogen-bond acceptors (Lipinski definition) is 4. The summed E-state index contributed by atoms with van der Waals surface area (Å²) in [6.45, 7) is 0. The fourth-order valence-electron chi connectivity index (χ4n) is 2.05. The van der Waals surface area contributed by atoms with Crippen LogP contribution in [0.2, 0.25) is 0 Å². The SMILES string of the molecule is Br.NC1N=C(c2ccccc2)c2sccc2CC1=O. The van der Waals surface area contributed by atoms with E-state index in [-0.39, 0.29) is 22.8 Å². The molecular weight excluding hydrogens is 324 g/mol. The van der Waals surface area contributed by atoms with Gasteiger partial charge in [0, 0.05) is 12.0 Å². The highest BCUT2D eigenvalue weighted by Crippen LogP contribution is 2.25. The first-order valence-corrected chi connectivity index (χ1v) is 6.62. The predicted molar refractivity (Wildman–Crippen MR) is 83.4 cm³/mol. The highest BCUT2D eigenvalue weighted by atomic mass is 79.9. The van der Waals surface area contributed by atoms with Gasteiger partial charge in [0.25, 0.3) is 0 Å². The monoisotopic (exact) mass is 336 g/mol. The van der Waals surface area contributed by atoms with Crippen molar-refractivity contribution in [1.82, 2.24) is 0 Å². The molecular formula is C14H13BrN2OS. The summed E-state index contributed by atoms with van der Waals surface area (Å²) >= 11 is 1.61. The lowest BCUT2D eigenvalue weighted by Crippen LogP contribution is -2.29. The average Bonchev–Trinajstić information content (AvgIpc) is 2.80. The van der Waals surface area contributed by atoms with Crippen molar-refractivity contribution in [2.75, 3.05) is 0 Å². The normalized spacial score (nSPS) is 18.1. The van der Waals surface area contributed by atoms with E-state index < -0.39 is 6.17 Å². The van der Waals surface area contributed by atoms with Crippen LogP contribution >= 0.6 is 28.3 Å². The van der Waals surface area contributed by atoms with Crippen LogP contribution in [0.15, 0.2) is 46.8 Å². The number of Topliss-reactive ketones (excluding diaryl/α,β-unsaturated/α-hetero) is 1. The molecule has 3 rings (SSSR count). The number of aliphatic imine (C=N–C) groups is 1. The van der Waals surface area contributed by atoms with Gasteiger partial charge in [0.05, 0.1) is 10.6 Å². The molecule has 0 bridgehead atoms. The third-order valence-electron chi connectivity index (χ3n) is 2.97. The molecule has 1 atom stereocenters. The number of carbonyl (C=O) groups excluding carboxylic acids is 1.